The van der Waals surface area contributed by atoms with Gasteiger partial charge >= 0.3 is 0 Å². The van der Waals surface area contributed by atoms with Crippen LogP contribution in [0.25, 0.3) is 0 Å². The normalized spacial score (nSPS) is 43.6. The van der Waals surface area contributed by atoms with Crippen molar-refractivity contribution in [2.45, 2.75) is 76.9 Å². The molecule has 0 radical (unpaired) electrons. The van der Waals surface area contributed by atoms with E-state index in [1.165, 1.54) is 38.5 Å². The van der Waals surface area contributed by atoms with Crippen molar-refractivity contribution in [3.05, 3.63) is 11.1 Å². The van der Waals surface area contributed by atoms with Crippen LogP contribution in [-0.2, 0) is 14.3 Å². The number of carbonyl (C=O) groups excluding carboxylic acids is 1. The lowest BCUT2D eigenvalue weighted by atomic mass is 9.54. The molecule has 5 aliphatic rings. The molecule has 0 aromatic carbocycles. The smallest absolute Gasteiger partial charge is 0.171 e. The van der Waals surface area contributed by atoms with E-state index in [2.05, 4.69) is 6.92 Å². The van der Waals surface area contributed by atoms with Gasteiger partial charge in [0.05, 0.1) is 0 Å². The maximum atomic E-state index is 13.1. The second-order valence-corrected chi connectivity index (χ2v) is 9.81. The number of ketones is 1. The van der Waals surface area contributed by atoms with E-state index in [1.54, 1.807) is 25.4 Å². The van der Waals surface area contributed by atoms with E-state index in [-0.39, 0.29) is 10.8 Å². The van der Waals surface area contributed by atoms with E-state index in [4.69, 9.17) is 9.47 Å². The van der Waals surface area contributed by atoms with E-state index in [0.29, 0.717) is 11.7 Å². The van der Waals surface area contributed by atoms with Crippen LogP contribution in [0.4, 0.5) is 0 Å². The third kappa shape index (κ3) is 2.09. The number of carbonyl (C=O) groups is 1. The molecule has 3 fully saturated rings. The number of Topliss-reactive ketones (excluding diaryl/α,β-unsaturated/α-hetero) is 1. The summed E-state index contributed by atoms with van der Waals surface area (Å²) in [7, 11) is 3.57. The fraction of sp³-hybridized carbons (Fsp3) is 0.864. The molecule has 0 N–H and O–H groups in total. The first-order chi connectivity index (χ1) is 12.0. The van der Waals surface area contributed by atoms with Gasteiger partial charge in [0.15, 0.2) is 5.79 Å². The lowest BCUT2D eigenvalue weighted by Crippen LogP contribution is -2.46. The Hall–Kier alpha value is -0.670. The number of ether oxygens (including phenoxy) is 2. The molecule has 3 saturated carbocycles. The molecule has 4 atom stereocenters. The SMILES string of the molecule is COC1(OC)CCC2=C(CCC3C2CC[C@]2(C)C(=O)C4(CC4)CC32)C1. The minimum absolute atomic E-state index is 0.00673. The summed E-state index contributed by atoms with van der Waals surface area (Å²) in [6.07, 6.45) is 11.4. The molecule has 3 heteroatoms. The van der Waals surface area contributed by atoms with E-state index in [1.807, 2.05) is 0 Å². The summed E-state index contributed by atoms with van der Waals surface area (Å²) in [6, 6.07) is 0. The van der Waals surface area contributed by atoms with Gasteiger partial charge in [0.25, 0.3) is 0 Å². The lowest BCUT2D eigenvalue weighted by molar-refractivity contribution is -0.213. The zero-order valence-corrected chi connectivity index (χ0v) is 16.0. The van der Waals surface area contributed by atoms with Gasteiger partial charge in [0.1, 0.15) is 5.78 Å². The Morgan fingerprint density at radius 2 is 1.76 bits per heavy atom. The Morgan fingerprint density at radius 3 is 2.44 bits per heavy atom. The number of rotatable bonds is 2. The van der Waals surface area contributed by atoms with Crippen molar-refractivity contribution in [2.24, 2.45) is 28.6 Å². The maximum absolute atomic E-state index is 13.1. The first-order valence-corrected chi connectivity index (χ1v) is 10.3. The average molecular weight is 344 g/mol. The molecule has 0 amide bonds. The summed E-state index contributed by atoms with van der Waals surface area (Å²) >= 11 is 0. The monoisotopic (exact) mass is 344 g/mol. The average Bonchev–Trinajstić information content (AvgIpc) is 3.39. The topological polar surface area (TPSA) is 35.5 Å². The molecule has 5 aliphatic carbocycles. The third-order valence-corrected chi connectivity index (χ3v) is 8.97. The summed E-state index contributed by atoms with van der Waals surface area (Å²) in [5, 5.41) is 0. The number of hydrogen-bond donors (Lipinski definition) is 0. The second kappa shape index (κ2) is 5.19. The van der Waals surface area contributed by atoms with Crippen molar-refractivity contribution < 1.29 is 14.3 Å². The van der Waals surface area contributed by atoms with Gasteiger partial charge < -0.3 is 9.47 Å². The van der Waals surface area contributed by atoms with Gasteiger partial charge in [0, 0.05) is 37.9 Å². The predicted molar refractivity (Wildman–Crippen MR) is 96.0 cm³/mol. The van der Waals surface area contributed by atoms with Gasteiger partial charge in [-0.25, -0.2) is 0 Å². The molecule has 0 aromatic heterocycles. The van der Waals surface area contributed by atoms with E-state index in [0.717, 1.165) is 37.5 Å². The van der Waals surface area contributed by atoms with Crippen LogP contribution in [0.15, 0.2) is 11.1 Å². The number of hydrogen-bond acceptors (Lipinski definition) is 3. The standard InChI is InChI=1S/C22H32O3/c1-20-8-6-16-15-7-9-22(24-2,25-3)12-14(15)4-5-17(16)18(20)13-21(10-11-21)19(20)23/h16-18H,4-13H2,1-3H3/t16?,17?,18?,20-/m0/s1. The molecule has 5 rings (SSSR count). The maximum Gasteiger partial charge on any atom is 0.171 e. The highest BCUT2D eigenvalue weighted by atomic mass is 16.7. The summed E-state index contributed by atoms with van der Waals surface area (Å²) in [5.74, 6) is 2.38. The van der Waals surface area contributed by atoms with Crippen LogP contribution in [0.3, 0.4) is 0 Å². The van der Waals surface area contributed by atoms with E-state index < -0.39 is 5.79 Å². The van der Waals surface area contributed by atoms with E-state index >= 15 is 0 Å². The molecule has 1 spiro atoms. The molecular weight excluding hydrogens is 312 g/mol. The summed E-state index contributed by atoms with van der Waals surface area (Å²) < 4.78 is 11.5. The van der Waals surface area contributed by atoms with E-state index in [9.17, 15) is 4.79 Å². The number of fused-ring (bicyclic) bond motifs is 4. The Morgan fingerprint density at radius 1 is 1.00 bits per heavy atom. The Bertz CT molecular complexity index is 640. The lowest BCUT2D eigenvalue weighted by Gasteiger charge is -2.51. The largest absolute Gasteiger partial charge is 0.353 e. The number of methoxy groups -OCH3 is 2. The minimum atomic E-state index is -0.393. The van der Waals surface area contributed by atoms with Crippen molar-refractivity contribution in [3.8, 4) is 0 Å². The highest BCUT2D eigenvalue weighted by Gasteiger charge is 2.68. The Balaban J connectivity index is 1.45. The zero-order chi connectivity index (χ0) is 17.4. The van der Waals surface area contributed by atoms with Crippen molar-refractivity contribution in [1.82, 2.24) is 0 Å². The zero-order valence-electron chi connectivity index (χ0n) is 16.0. The minimum Gasteiger partial charge on any atom is -0.353 e. The molecule has 0 aliphatic heterocycles. The molecular formula is C22H32O3. The van der Waals surface area contributed by atoms with Gasteiger partial charge in [-0.05, 0) is 69.1 Å². The van der Waals surface area contributed by atoms with Gasteiger partial charge in [-0.2, -0.15) is 0 Å². The number of allylic oxidation sites excluding steroid dienone is 1. The molecule has 3 unspecified atom stereocenters. The second-order valence-electron chi connectivity index (χ2n) is 9.81. The van der Waals surface area contributed by atoms with Crippen molar-refractivity contribution in [2.75, 3.05) is 14.2 Å². The predicted octanol–water partition coefficient (Wildman–Crippen LogP) is 4.65. The fourth-order valence-electron chi connectivity index (χ4n) is 7.30. The third-order valence-electron chi connectivity index (χ3n) is 8.97. The van der Waals surface area contributed by atoms with Gasteiger partial charge in [-0.3, -0.25) is 4.79 Å². The van der Waals surface area contributed by atoms with Crippen molar-refractivity contribution in [3.63, 3.8) is 0 Å². The Kier molecular flexibility index (Phi) is 3.43. The molecule has 138 valence electrons. The highest BCUT2D eigenvalue weighted by molar-refractivity contribution is 5.95. The van der Waals surface area contributed by atoms with Crippen LogP contribution in [0, 0.1) is 28.6 Å². The molecule has 0 bridgehead atoms. The first kappa shape index (κ1) is 16.5. The van der Waals surface area contributed by atoms with Crippen LogP contribution >= 0.6 is 0 Å². The quantitative estimate of drug-likeness (QED) is 0.540. The van der Waals surface area contributed by atoms with Gasteiger partial charge in [-0.1, -0.05) is 18.1 Å². The first-order valence-electron chi connectivity index (χ1n) is 10.3. The van der Waals surface area contributed by atoms with Crippen molar-refractivity contribution >= 4 is 5.78 Å². The van der Waals surface area contributed by atoms with Crippen LogP contribution < -0.4 is 0 Å². The molecule has 25 heavy (non-hydrogen) atoms. The summed E-state index contributed by atoms with van der Waals surface area (Å²) in [6.45, 7) is 2.31. The van der Waals surface area contributed by atoms with Crippen LogP contribution in [-0.4, -0.2) is 25.8 Å². The fourth-order valence-corrected chi connectivity index (χ4v) is 7.30. The van der Waals surface area contributed by atoms with Gasteiger partial charge in [-0.15, -0.1) is 0 Å². The van der Waals surface area contributed by atoms with Crippen LogP contribution in [0.1, 0.15) is 71.1 Å². The highest BCUT2D eigenvalue weighted by Crippen LogP contribution is 2.70. The summed E-state index contributed by atoms with van der Waals surface area (Å²) in [4.78, 5) is 13.1. The van der Waals surface area contributed by atoms with Crippen LogP contribution in [0.2, 0.25) is 0 Å². The van der Waals surface area contributed by atoms with Crippen LogP contribution in [0.5, 0.6) is 0 Å². The Labute approximate surface area is 151 Å². The molecule has 0 aromatic rings. The van der Waals surface area contributed by atoms with Gasteiger partial charge in [0.2, 0.25) is 0 Å². The molecule has 0 heterocycles. The molecule has 3 nitrogen and oxygen atoms in total. The summed E-state index contributed by atoms with van der Waals surface area (Å²) in [5.41, 5.74) is 3.46. The molecule has 0 saturated heterocycles. The van der Waals surface area contributed by atoms with Crippen molar-refractivity contribution in [1.29, 1.82) is 0 Å².